The van der Waals surface area contributed by atoms with Crippen LogP contribution < -0.4 is 0 Å². The van der Waals surface area contributed by atoms with Crippen LogP contribution in [-0.2, 0) is 23.8 Å². The summed E-state index contributed by atoms with van der Waals surface area (Å²) < 4.78 is 13.8. The summed E-state index contributed by atoms with van der Waals surface area (Å²) in [6.07, 6.45) is -0.644. The van der Waals surface area contributed by atoms with Crippen molar-refractivity contribution in [1.82, 2.24) is 0 Å². The number of esters is 2. The Morgan fingerprint density at radius 1 is 1.38 bits per heavy atom. The van der Waals surface area contributed by atoms with Gasteiger partial charge in [0, 0.05) is 6.61 Å². The van der Waals surface area contributed by atoms with E-state index >= 15 is 0 Å². The number of rotatable bonds is 5. The predicted octanol–water partition coefficient (Wildman–Crippen LogP) is 0.128. The third kappa shape index (κ3) is 5.19. The maximum atomic E-state index is 11.0. The van der Waals surface area contributed by atoms with E-state index in [0.29, 0.717) is 6.61 Å². The molecule has 0 saturated carbocycles. The Balaban J connectivity index is 3.67. The molecule has 1 unspecified atom stereocenters. The maximum Gasteiger partial charge on any atom is 0.344 e. The van der Waals surface area contributed by atoms with Crippen molar-refractivity contribution >= 4 is 11.9 Å². The van der Waals surface area contributed by atoms with Crippen LogP contribution in [0.1, 0.15) is 13.8 Å². The average molecular weight is 190 g/mol. The highest BCUT2D eigenvalue weighted by Gasteiger charge is 2.15. The van der Waals surface area contributed by atoms with Gasteiger partial charge in [-0.05, 0) is 13.8 Å². The summed E-state index contributed by atoms with van der Waals surface area (Å²) in [6.45, 7) is 3.38. The van der Waals surface area contributed by atoms with E-state index in [9.17, 15) is 9.59 Å². The molecule has 0 bridgehead atoms. The molecule has 0 fully saturated rings. The van der Waals surface area contributed by atoms with Crippen molar-refractivity contribution in [3.63, 3.8) is 0 Å². The van der Waals surface area contributed by atoms with Crippen molar-refractivity contribution in [3.8, 4) is 0 Å². The van der Waals surface area contributed by atoms with E-state index in [-0.39, 0.29) is 6.61 Å². The second-order valence-corrected chi connectivity index (χ2v) is 2.28. The lowest BCUT2D eigenvalue weighted by atomic mass is 10.4. The van der Waals surface area contributed by atoms with Crippen molar-refractivity contribution in [2.45, 2.75) is 20.0 Å². The summed E-state index contributed by atoms with van der Waals surface area (Å²) >= 11 is 0. The van der Waals surface area contributed by atoms with Crippen LogP contribution in [0.4, 0.5) is 0 Å². The number of hydrogen-bond donors (Lipinski definition) is 0. The molecule has 0 aliphatic rings. The van der Waals surface area contributed by atoms with E-state index < -0.39 is 18.0 Å². The topological polar surface area (TPSA) is 61.8 Å². The van der Waals surface area contributed by atoms with Crippen LogP contribution in [0.2, 0.25) is 0 Å². The molecule has 13 heavy (non-hydrogen) atoms. The number of carbonyl (C=O) groups is 2. The number of carbonyl (C=O) groups excluding carboxylic acids is 2. The number of ether oxygens (including phenoxy) is 3. The lowest BCUT2D eigenvalue weighted by Crippen LogP contribution is -2.26. The molecule has 0 N–H and O–H groups in total. The first kappa shape index (κ1) is 11.9. The zero-order chi connectivity index (χ0) is 10.3. The summed E-state index contributed by atoms with van der Waals surface area (Å²) in [7, 11) is 1.22. The molecule has 5 nitrogen and oxygen atoms in total. The quantitative estimate of drug-likeness (QED) is 0.576. The molecule has 76 valence electrons. The molecule has 0 aliphatic carbocycles. The van der Waals surface area contributed by atoms with Gasteiger partial charge in [0.2, 0.25) is 0 Å². The van der Waals surface area contributed by atoms with E-state index in [1.54, 1.807) is 13.8 Å². The Labute approximate surface area is 77.0 Å². The first-order chi connectivity index (χ1) is 6.11. The largest absolute Gasteiger partial charge is 0.466 e. The molecule has 0 aromatic heterocycles. The molecule has 0 rings (SSSR count). The molecule has 0 aromatic carbocycles. The van der Waals surface area contributed by atoms with Crippen molar-refractivity contribution in [2.24, 2.45) is 0 Å². The molecule has 0 aromatic rings. The van der Waals surface area contributed by atoms with Gasteiger partial charge in [-0.1, -0.05) is 0 Å². The third-order valence-electron chi connectivity index (χ3n) is 1.31. The molecule has 0 heterocycles. The highest BCUT2D eigenvalue weighted by Crippen LogP contribution is 1.94. The highest BCUT2D eigenvalue weighted by atomic mass is 16.6. The second-order valence-electron chi connectivity index (χ2n) is 2.28. The van der Waals surface area contributed by atoms with Gasteiger partial charge in [-0.2, -0.15) is 0 Å². The summed E-state index contributed by atoms with van der Waals surface area (Å²) in [4.78, 5) is 21.6. The summed E-state index contributed by atoms with van der Waals surface area (Å²) in [6, 6.07) is 0. The Morgan fingerprint density at radius 3 is 2.46 bits per heavy atom. The lowest BCUT2D eigenvalue weighted by molar-refractivity contribution is -0.164. The van der Waals surface area contributed by atoms with Crippen LogP contribution in [0.25, 0.3) is 0 Å². The first-order valence-corrected chi connectivity index (χ1v) is 3.96. The summed E-state index contributed by atoms with van der Waals surface area (Å²) in [5.41, 5.74) is 0. The molecule has 5 heteroatoms. The Morgan fingerprint density at radius 2 is 2.00 bits per heavy atom. The maximum absolute atomic E-state index is 11.0. The van der Waals surface area contributed by atoms with Gasteiger partial charge in [0.25, 0.3) is 0 Å². The summed E-state index contributed by atoms with van der Waals surface area (Å²) in [5.74, 6) is -1.15. The van der Waals surface area contributed by atoms with Crippen LogP contribution in [0.5, 0.6) is 0 Å². The van der Waals surface area contributed by atoms with Gasteiger partial charge < -0.3 is 14.2 Å². The van der Waals surface area contributed by atoms with Crippen LogP contribution in [0, 0.1) is 0 Å². The van der Waals surface area contributed by atoms with Gasteiger partial charge in [0.05, 0.1) is 7.11 Å². The van der Waals surface area contributed by atoms with Crippen LogP contribution >= 0.6 is 0 Å². The van der Waals surface area contributed by atoms with E-state index in [1.165, 1.54) is 7.11 Å². The Bertz CT molecular complexity index is 177. The van der Waals surface area contributed by atoms with Gasteiger partial charge in [0.1, 0.15) is 0 Å². The zero-order valence-corrected chi connectivity index (χ0v) is 8.03. The fourth-order valence-electron chi connectivity index (χ4n) is 0.624. The monoisotopic (exact) mass is 190 g/mol. The Kier molecular flexibility index (Phi) is 5.88. The van der Waals surface area contributed by atoms with E-state index in [0.717, 1.165) is 0 Å². The fraction of sp³-hybridized carbons (Fsp3) is 0.750. The van der Waals surface area contributed by atoms with Gasteiger partial charge >= 0.3 is 11.9 Å². The third-order valence-corrected chi connectivity index (χ3v) is 1.31. The van der Waals surface area contributed by atoms with Crippen LogP contribution in [-0.4, -0.2) is 38.4 Å². The molecule has 0 saturated heterocycles. The highest BCUT2D eigenvalue weighted by molar-refractivity contribution is 5.78. The molecule has 0 spiro atoms. The molecule has 0 aliphatic heterocycles. The van der Waals surface area contributed by atoms with Gasteiger partial charge in [-0.3, -0.25) is 0 Å². The SMILES string of the molecule is CCOC(C)C(=O)OCC(=O)OC. The molecular formula is C8H14O5. The average Bonchev–Trinajstić information content (AvgIpc) is 2.13. The first-order valence-electron chi connectivity index (χ1n) is 3.96. The summed E-state index contributed by atoms with van der Waals surface area (Å²) in [5, 5.41) is 0. The van der Waals surface area contributed by atoms with E-state index in [2.05, 4.69) is 9.47 Å². The van der Waals surface area contributed by atoms with E-state index in [1.807, 2.05) is 0 Å². The molecule has 0 radical (unpaired) electrons. The number of methoxy groups -OCH3 is 1. The minimum atomic E-state index is -0.644. The molecule has 1 atom stereocenters. The van der Waals surface area contributed by atoms with Gasteiger partial charge in [0.15, 0.2) is 12.7 Å². The molecular weight excluding hydrogens is 176 g/mol. The molecule has 0 amide bonds. The van der Waals surface area contributed by atoms with Crippen molar-refractivity contribution < 1.29 is 23.8 Å². The second kappa shape index (κ2) is 6.42. The normalized spacial score (nSPS) is 11.9. The smallest absolute Gasteiger partial charge is 0.344 e. The van der Waals surface area contributed by atoms with Crippen LogP contribution in [0.15, 0.2) is 0 Å². The zero-order valence-electron chi connectivity index (χ0n) is 8.03. The van der Waals surface area contributed by atoms with Gasteiger partial charge in [-0.15, -0.1) is 0 Å². The van der Waals surface area contributed by atoms with Crippen molar-refractivity contribution in [2.75, 3.05) is 20.3 Å². The Hall–Kier alpha value is -1.10. The minimum absolute atomic E-state index is 0.368. The van der Waals surface area contributed by atoms with Crippen molar-refractivity contribution in [1.29, 1.82) is 0 Å². The standard InChI is InChI=1S/C8H14O5/c1-4-12-6(2)8(10)13-5-7(9)11-3/h6H,4-5H2,1-3H3. The lowest BCUT2D eigenvalue weighted by Gasteiger charge is -2.09. The fourth-order valence-corrected chi connectivity index (χ4v) is 0.624. The van der Waals surface area contributed by atoms with Crippen molar-refractivity contribution in [3.05, 3.63) is 0 Å². The van der Waals surface area contributed by atoms with E-state index in [4.69, 9.17) is 4.74 Å². The van der Waals surface area contributed by atoms with Crippen LogP contribution in [0.3, 0.4) is 0 Å². The number of hydrogen-bond acceptors (Lipinski definition) is 5. The minimum Gasteiger partial charge on any atom is -0.466 e. The predicted molar refractivity (Wildman–Crippen MR) is 44.1 cm³/mol. The van der Waals surface area contributed by atoms with Gasteiger partial charge in [-0.25, -0.2) is 9.59 Å².